The molecule has 0 aliphatic carbocycles. The Labute approximate surface area is 103 Å². The fourth-order valence-electron chi connectivity index (χ4n) is 1.72. The first-order valence-electron chi connectivity index (χ1n) is 5.58. The normalized spacial score (nSPS) is 11.2. The van der Waals surface area contributed by atoms with E-state index in [4.69, 9.17) is 5.73 Å². The highest BCUT2D eigenvalue weighted by atomic mass is 19.3. The zero-order valence-electron chi connectivity index (χ0n) is 9.98. The van der Waals surface area contributed by atoms with Gasteiger partial charge in [0.25, 0.3) is 6.43 Å². The Bertz CT molecular complexity index is 519. The lowest BCUT2D eigenvalue weighted by Gasteiger charge is -2.07. The van der Waals surface area contributed by atoms with Crippen LogP contribution < -0.4 is 5.73 Å². The van der Waals surface area contributed by atoms with Crippen LogP contribution in [0.5, 0.6) is 0 Å². The average molecular weight is 252 g/mol. The van der Waals surface area contributed by atoms with Crippen molar-refractivity contribution in [2.45, 2.75) is 26.4 Å². The van der Waals surface area contributed by atoms with Crippen LogP contribution in [-0.4, -0.2) is 15.0 Å². The summed E-state index contributed by atoms with van der Waals surface area (Å²) in [5, 5.41) is 7.41. The zero-order chi connectivity index (χ0) is 13.1. The molecule has 0 unspecified atom stereocenters. The van der Waals surface area contributed by atoms with Crippen LogP contribution in [0.1, 0.15) is 28.9 Å². The molecule has 0 saturated heterocycles. The maximum atomic E-state index is 12.9. The van der Waals surface area contributed by atoms with E-state index >= 15 is 0 Å². The van der Waals surface area contributed by atoms with Gasteiger partial charge >= 0.3 is 0 Å². The van der Waals surface area contributed by atoms with Crippen molar-refractivity contribution in [2.75, 3.05) is 0 Å². The molecule has 0 saturated carbocycles. The van der Waals surface area contributed by atoms with Crippen molar-refractivity contribution in [3.05, 3.63) is 46.8 Å². The van der Waals surface area contributed by atoms with Crippen molar-refractivity contribution in [3.8, 4) is 0 Å². The van der Waals surface area contributed by atoms with E-state index in [9.17, 15) is 8.78 Å². The first kappa shape index (κ1) is 12.6. The molecule has 0 aliphatic heterocycles. The van der Waals surface area contributed by atoms with Crippen LogP contribution in [-0.2, 0) is 13.1 Å². The molecule has 2 rings (SSSR count). The first-order valence-corrected chi connectivity index (χ1v) is 5.58. The molecular weight excluding hydrogens is 238 g/mol. The number of halogens is 2. The summed E-state index contributed by atoms with van der Waals surface area (Å²) in [6.07, 6.45) is -2.62. The van der Waals surface area contributed by atoms with Gasteiger partial charge in [-0.15, -0.1) is 5.10 Å². The van der Waals surface area contributed by atoms with Gasteiger partial charge < -0.3 is 5.73 Å². The first-order chi connectivity index (χ1) is 8.61. The molecule has 2 aromatic rings. The number of benzene rings is 1. The van der Waals surface area contributed by atoms with Gasteiger partial charge in [-0.3, -0.25) is 0 Å². The van der Waals surface area contributed by atoms with E-state index in [1.54, 1.807) is 0 Å². The average Bonchev–Trinajstić information content (AvgIpc) is 2.75. The van der Waals surface area contributed by atoms with E-state index in [-0.39, 0.29) is 24.5 Å². The molecule has 18 heavy (non-hydrogen) atoms. The minimum atomic E-state index is -2.62. The van der Waals surface area contributed by atoms with Crippen LogP contribution >= 0.6 is 0 Å². The Morgan fingerprint density at radius 1 is 1.28 bits per heavy atom. The van der Waals surface area contributed by atoms with Gasteiger partial charge in [-0.2, -0.15) is 0 Å². The molecule has 1 aromatic carbocycles. The maximum Gasteiger partial charge on any atom is 0.281 e. The second kappa shape index (κ2) is 5.22. The number of nitrogens with zero attached hydrogens (tertiary/aromatic N) is 3. The van der Waals surface area contributed by atoms with Gasteiger partial charge in [0.2, 0.25) is 0 Å². The summed E-state index contributed by atoms with van der Waals surface area (Å²) in [6, 6.07) is 7.62. The second-order valence-electron chi connectivity index (χ2n) is 4.07. The van der Waals surface area contributed by atoms with Gasteiger partial charge in [-0.1, -0.05) is 35.0 Å². The Kier molecular flexibility index (Phi) is 3.66. The lowest BCUT2D eigenvalue weighted by atomic mass is 10.1. The van der Waals surface area contributed by atoms with Crippen LogP contribution in [0.4, 0.5) is 8.78 Å². The van der Waals surface area contributed by atoms with Gasteiger partial charge in [-0.05, 0) is 12.5 Å². The smallest absolute Gasteiger partial charge is 0.281 e. The van der Waals surface area contributed by atoms with Gasteiger partial charge in [0.1, 0.15) is 11.4 Å². The van der Waals surface area contributed by atoms with E-state index in [1.165, 1.54) is 4.68 Å². The largest absolute Gasteiger partial charge is 0.325 e. The van der Waals surface area contributed by atoms with Crippen LogP contribution in [0.2, 0.25) is 0 Å². The van der Waals surface area contributed by atoms with Crippen LogP contribution in [0, 0.1) is 6.92 Å². The summed E-state index contributed by atoms with van der Waals surface area (Å²) >= 11 is 0. The van der Waals surface area contributed by atoms with Crippen LogP contribution in [0.3, 0.4) is 0 Å². The van der Waals surface area contributed by atoms with E-state index in [0.717, 1.165) is 11.1 Å². The third-order valence-electron chi connectivity index (χ3n) is 2.70. The van der Waals surface area contributed by atoms with Gasteiger partial charge in [0.15, 0.2) is 0 Å². The molecule has 4 nitrogen and oxygen atoms in total. The number of nitrogens with two attached hydrogens (primary N) is 1. The van der Waals surface area contributed by atoms with Crippen molar-refractivity contribution < 1.29 is 8.78 Å². The van der Waals surface area contributed by atoms with E-state index in [0.29, 0.717) is 0 Å². The topological polar surface area (TPSA) is 56.7 Å². The molecule has 2 N–H and O–H groups in total. The molecule has 1 heterocycles. The number of aryl methyl sites for hydroxylation is 1. The fraction of sp³-hybridized carbons (Fsp3) is 0.333. The molecule has 0 atom stereocenters. The summed E-state index contributed by atoms with van der Waals surface area (Å²) in [4.78, 5) is 0. The summed E-state index contributed by atoms with van der Waals surface area (Å²) in [5.41, 5.74) is 7.34. The van der Waals surface area contributed by atoms with Crippen molar-refractivity contribution in [1.29, 1.82) is 0 Å². The zero-order valence-corrected chi connectivity index (χ0v) is 9.98. The number of hydrogen-bond acceptors (Lipinski definition) is 3. The highest BCUT2D eigenvalue weighted by Gasteiger charge is 2.20. The molecule has 0 bridgehead atoms. The number of aromatic nitrogens is 3. The highest BCUT2D eigenvalue weighted by molar-refractivity contribution is 5.22. The van der Waals surface area contributed by atoms with Crippen LogP contribution in [0.25, 0.3) is 0 Å². The summed E-state index contributed by atoms with van der Waals surface area (Å²) in [6.45, 7) is 2.21. The van der Waals surface area contributed by atoms with E-state index < -0.39 is 6.43 Å². The molecule has 1 aromatic heterocycles. The van der Waals surface area contributed by atoms with Crippen molar-refractivity contribution in [1.82, 2.24) is 15.0 Å². The third-order valence-corrected chi connectivity index (χ3v) is 2.70. The lowest BCUT2D eigenvalue weighted by molar-refractivity contribution is 0.138. The monoisotopic (exact) mass is 252 g/mol. The quantitative estimate of drug-likeness (QED) is 0.905. The maximum absolute atomic E-state index is 12.9. The Morgan fingerprint density at radius 3 is 2.50 bits per heavy atom. The summed E-state index contributed by atoms with van der Waals surface area (Å²) < 4.78 is 27.0. The molecule has 0 spiro atoms. The summed E-state index contributed by atoms with van der Waals surface area (Å²) in [5.74, 6) is 0. The SMILES string of the molecule is Cc1ccc(Cn2nnc(CN)c2C(F)F)cc1. The summed E-state index contributed by atoms with van der Waals surface area (Å²) in [7, 11) is 0. The molecule has 0 radical (unpaired) electrons. The fourth-order valence-corrected chi connectivity index (χ4v) is 1.72. The molecule has 0 aliphatic rings. The standard InChI is InChI=1S/C12H14F2N4/c1-8-2-4-9(5-3-8)7-18-11(12(13)14)10(6-15)16-17-18/h2-5,12H,6-7,15H2,1H3. The minimum Gasteiger partial charge on any atom is -0.325 e. The Balaban J connectivity index is 2.28. The number of rotatable bonds is 4. The van der Waals surface area contributed by atoms with Crippen LogP contribution in [0.15, 0.2) is 24.3 Å². The van der Waals surface area contributed by atoms with Gasteiger partial charge in [0.05, 0.1) is 6.54 Å². The Morgan fingerprint density at radius 2 is 1.94 bits per heavy atom. The lowest BCUT2D eigenvalue weighted by Crippen LogP contribution is -2.09. The predicted molar refractivity (Wildman–Crippen MR) is 63.2 cm³/mol. The van der Waals surface area contributed by atoms with Crippen molar-refractivity contribution >= 4 is 0 Å². The number of alkyl halides is 2. The van der Waals surface area contributed by atoms with E-state index in [1.807, 2.05) is 31.2 Å². The molecule has 0 amide bonds. The van der Waals surface area contributed by atoms with Crippen molar-refractivity contribution in [2.24, 2.45) is 5.73 Å². The molecule has 96 valence electrons. The highest BCUT2D eigenvalue weighted by Crippen LogP contribution is 2.21. The van der Waals surface area contributed by atoms with Gasteiger partial charge in [0, 0.05) is 6.54 Å². The molecule has 0 fully saturated rings. The number of hydrogen-bond donors (Lipinski definition) is 1. The predicted octanol–water partition coefficient (Wildman–Crippen LogP) is 2.03. The molecular formula is C12H14F2N4. The third kappa shape index (κ3) is 2.53. The minimum absolute atomic E-state index is 0.0342. The van der Waals surface area contributed by atoms with E-state index in [2.05, 4.69) is 10.3 Å². The Hall–Kier alpha value is -1.82. The van der Waals surface area contributed by atoms with Gasteiger partial charge in [-0.25, -0.2) is 13.5 Å². The molecule has 6 heteroatoms. The van der Waals surface area contributed by atoms with Crippen molar-refractivity contribution in [3.63, 3.8) is 0 Å². The second-order valence-corrected chi connectivity index (χ2v) is 4.07.